The van der Waals surface area contributed by atoms with Gasteiger partial charge in [0.25, 0.3) is 5.91 Å². The van der Waals surface area contributed by atoms with Gasteiger partial charge in [0.05, 0.1) is 18.3 Å². The molecule has 0 spiro atoms. The number of aryl methyl sites for hydroxylation is 1. The Balaban J connectivity index is 1.89. The van der Waals surface area contributed by atoms with Gasteiger partial charge >= 0.3 is 5.97 Å². The lowest BCUT2D eigenvalue weighted by Gasteiger charge is -2.12. The predicted molar refractivity (Wildman–Crippen MR) is 132 cm³/mol. The molecule has 0 saturated carbocycles. The maximum absolute atomic E-state index is 13.1. The molecule has 1 amide bonds. The van der Waals surface area contributed by atoms with Crippen LogP contribution in [0.1, 0.15) is 40.7 Å². The van der Waals surface area contributed by atoms with Crippen LogP contribution in [0.2, 0.25) is 0 Å². The van der Waals surface area contributed by atoms with E-state index in [2.05, 4.69) is 18.9 Å². The highest BCUT2D eigenvalue weighted by molar-refractivity contribution is 7.14. The van der Waals surface area contributed by atoms with Crippen molar-refractivity contribution in [2.24, 2.45) is 0 Å². The topological polar surface area (TPSA) is 97.5 Å². The van der Waals surface area contributed by atoms with E-state index in [-0.39, 0.29) is 11.6 Å². The number of methoxy groups -OCH3 is 1. The van der Waals surface area contributed by atoms with E-state index in [1.807, 2.05) is 49.4 Å². The van der Waals surface area contributed by atoms with E-state index >= 15 is 0 Å². The summed E-state index contributed by atoms with van der Waals surface area (Å²) in [6.07, 6.45) is 0. The molecule has 9 heteroatoms. The molecule has 4 rings (SSSR count). The zero-order valence-electron chi connectivity index (χ0n) is 19.7. The monoisotopic (exact) mass is 478 g/mol. The highest BCUT2D eigenvalue weighted by Gasteiger charge is 2.25. The fourth-order valence-electron chi connectivity index (χ4n) is 3.77. The van der Waals surface area contributed by atoms with E-state index in [1.54, 1.807) is 11.8 Å². The Morgan fingerprint density at radius 1 is 1.21 bits per heavy atom. The minimum Gasteiger partial charge on any atom is -0.497 e. The van der Waals surface area contributed by atoms with Gasteiger partial charge in [-0.1, -0.05) is 48.9 Å². The number of fused-ring (bicyclic) bond motifs is 1. The second-order valence-electron chi connectivity index (χ2n) is 8.43. The molecule has 0 aliphatic carbocycles. The largest absolute Gasteiger partial charge is 0.497 e. The number of thiazole rings is 1. The molecule has 8 nitrogen and oxygen atoms in total. The fourth-order valence-corrected chi connectivity index (χ4v) is 4.83. The fraction of sp³-hybridized carbons (Fsp3) is 0.280. The Morgan fingerprint density at radius 3 is 2.65 bits per heavy atom. The van der Waals surface area contributed by atoms with Crippen LogP contribution in [0.4, 0.5) is 0 Å². The normalized spacial score (nSPS) is 11.2. The van der Waals surface area contributed by atoms with Gasteiger partial charge in [-0.25, -0.2) is 9.67 Å². The molecule has 0 fully saturated rings. The molecular weight excluding hydrogens is 452 g/mol. The lowest BCUT2D eigenvalue weighted by Crippen LogP contribution is -2.32. The van der Waals surface area contributed by atoms with Crippen molar-refractivity contribution in [3.8, 4) is 22.1 Å². The van der Waals surface area contributed by atoms with Crippen molar-refractivity contribution in [3.63, 3.8) is 0 Å². The van der Waals surface area contributed by atoms with Crippen LogP contribution in [0.25, 0.3) is 27.3 Å². The average molecular weight is 479 g/mol. The highest BCUT2D eigenvalue weighted by Crippen LogP contribution is 2.37. The standard InChI is InChI=1S/C25H26N4O4S/c1-14(2)23-21(16-7-6-8-17(12-16)33-5)26-25(34-23)29-19-10-9-15(3)11-18(19)22(27-29)24(32)28(4)13-20(30)31/h6-12,14H,13H2,1-5H3,(H,30,31). The molecule has 2 aromatic heterocycles. The number of amides is 1. The molecule has 1 N–H and O–H groups in total. The number of aliphatic carboxylic acids is 1. The Kier molecular flexibility index (Phi) is 6.39. The summed E-state index contributed by atoms with van der Waals surface area (Å²) < 4.78 is 7.07. The maximum Gasteiger partial charge on any atom is 0.323 e. The summed E-state index contributed by atoms with van der Waals surface area (Å²) in [4.78, 5) is 31.4. The number of carbonyl (C=O) groups is 2. The molecule has 0 radical (unpaired) electrons. The number of benzene rings is 2. The Labute approximate surface area is 201 Å². The second kappa shape index (κ2) is 9.26. The number of carboxylic acids is 1. The lowest BCUT2D eigenvalue weighted by atomic mass is 10.1. The number of rotatable bonds is 7. The third kappa shape index (κ3) is 4.38. The van der Waals surface area contributed by atoms with Crippen LogP contribution in [0.3, 0.4) is 0 Å². The molecule has 2 heterocycles. The van der Waals surface area contributed by atoms with Crippen molar-refractivity contribution < 1.29 is 19.4 Å². The van der Waals surface area contributed by atoms with Crippen LogP contribution in [-0.2, 0) is 4.79 Å². The number of nitrogens with zero attached hydrogens (tertiary/aromatic N) is 4. The lowest BCUT2D eigenvalue weighted by molar-refractivity contribution is -0.137. The number of aromatic nitrogens is 3. The number of likely N-dealkylation sites (N-methyl/N-ethyl adjacent to an activating group) is 1. The third-order valence-electron chi connectivity index (χ3n) is 5.45. The van der Waals surface area contributed by atoms with Gasteiger partial charge in [0, 0.05) is 22.9 Å². The van der Waals surface area contributed by atoms with Crippen LogP contribution >= 0.6 is 11.3 Å². The molecule has 0 atom stereocenters. The van der Waals surface area contributed by atoms with Crippen LogP contribution in [-0.4, -0.2) is 57.3 Å². The third-order valence-corrected chi connectivity index (χ3v) is 6.78. The first kappa shape index (κ1) is 23.4. The quantitative estimate of drug-likeness (QED) is 0.412. The van der Waals surface area contributed by atoms with E-state index in [9.17, 15) is 9.59 Å². The predicted octanol–water partition coefficient (Wildman–Crippen LogP) is 4.75. The second-order valence-corrected chi connectivity index (χ2v) is 9.44. The minimum absolute atomic E-state index is 0.201. The van der Waals surface area contributed by atoms with Crippen molar-refractivity contribution in [1.29, 1.82) is 0 Å². The van der Waals surface area contributed by atoms with Gasteiger partial charge in [-0.15, -0.1) is 0 Å². The first-order valence-electron chi connectivity index (χ1n) is 10.8. The molecular formula is C25H26N4O4S. The molecule has 4 aromatic rings. The molecule has 0 unspecified atom stereocenters. The Morgan fingerprint density at radius 2 is 1.97 bits per heavy atom. The molecule has 0 aliphatic heterocycles. The minimum atomic E-state index is -1.08. The zero-order chi connectivity index (χ0) is 24.6. The van der Waals surface area contributed by atoms with E-state index in [0.29, 0.717) is 10.5 Å². The molecule has 176 valence electrons. The first-order valence-corrected chi connectivity index (χ1v) is 11.6. The maximum atomic E-state index is 13.1. The van der Waals surface area contributed by atoms with Gasteiger partial charge in [0.2, 0.25) is 5.13 Å². The van der Waals surface area contributed by atoms with E-state index < -0.39 is 18.4 Å². The van der Waals surface area contributed by atoms with Crippen LogP contribution in [0.15, 0.2) is 42.5 Å². The highest BCUT2D eigenvalue weighted by atomic mass is 32.1. The van der Waals surface area contributed by atoms with E-state index in [0.717, 1.165) is 37.9 Å². The summed E-state index contributed by atoms with van der Waals surface area (Å²) in [5.41, 5.74) is 3.70. The van der Waals surface area contributed by atoms with Crippen molar-refractivity contribution >= 4 is 34.1 Å². The van der Waals surface area contributed by atoms with E-state index in [4.69, 9.17) is 14.8 Å². The van der Waals surface area contributed by atoms with Crippen molar-refractivity contribution in [1.82, 2.24) is 19.7 Å². The Bertz CT molecular complexity index is 1390. The zero-order valence-corrected chi connectivity index (χ0v) is 20.5. The number of carbonyl (C=O) groups excluding carboxylic acids is 1. The summed E-state index contributed by atoms with van der Waals surface area (Å²) in [6.45, 7) is 5.75. The van der Waals surface area contributed by atoms with Gasteiger partial charge in [-0.2, -0.15) is 5.10 Å². The summed E-state index contributed by atoms with van der Waals surface area (Å²) >= 11 is 1.52. The summed E-state index contributed by atoms with van der Waals surface area (Å²) in [5, 5.41) is 15.0. The molecule has 2 aromatic carbocycles. The summed E-state index contributed by atoms with van der Waals surface area (Å²) in [6, 6.07) is 13.5. The summed E-state index contributed by atoms with van der Waals surface area (Å²) in [7, 11) is 3.09. The number of ether oxygens (including phenoxy) is 1. The molecule has 0 aliphatic rings. The van der Waals surface area contributed by atoms with Crippen molar-refractivity contribution in [3.05, 3.63) is 58.6 Å². The Hall–Kier alpha value is -3.72. The van der Waals surface area contributed by atoms with Crippen LogP contribution in [0.5, 0.6) is 5.75 Å². The van der Waals surface area contributed by atoms with Crippen molar-refractivity contribution in [2.75, 3.05) is 20.7 Å². The molecule has 34 heavy (non-hydrogen) atoms. The molecule has 0 bridgehead atoms. The van der Waals surface area contributed by atoms with Gasteiger partial charge in [0.1, 0.15) is 12.3 Å². The van der Waals surface area contributed by atoms with Gasteiger partial charge in [0.15, 0.2) is 5.69 Å². The van der Waals surface area contributed by atoms with Crippen LogP contribution < -0.4 is 4.74 Å². The average Bonchev–Trinajstić information content (AvgIpc) is 3.40. The van der Waals surface area contributed by atoms with Gasteiger partial charge in [-0.05, 0) is 37.1 Å². The first-order chi connectivity index (χ1) is 16.2. The number of hydrogen-bond donors (Lipinski definition) is 1. The van der Waals surface area contributed by atoms with Crippen molar-refractivity contribution in [2.45, 2.75) is 26.7 Å². The summed E-state index contributed by atoms with van der Waals surface area (Å²) in [5.74, 6) is -0.568. The van der Waals surface area contributed by atoms with Crippen LogP contribution in [0, 0.1) is 6.92 Å². The molecule has 0 saturated heterocycles. The SMILES string of the molecule is COc1cccc(-c2nc(-n3nc(C(=O)N(C)CC(=O)O)c4cc(C)ccc43)sc2C(C)C)c1. The van der Waals surface area contributed by atoms with Gasteiger partial charge < -0.3 is 14.7 Å². The van der Waals surface area contributed by atoms with E-state index in [1.165, 1.54) is 18.4 Å². The number of hydrogen-bond acceptors (Lipinski definition) is 6. The number of carboxylic acid groups (broad SMARTS) is 1. The smallest absolute Gasteiger partial charge is 0.323 e. The van der Waals surface area contributed by atoms with Gasteiger partial charge in [-0.3, -0.25) is 9.59 Å².